The molecule has 3 heterocycles. The Kier molecular flexibility index (Phi) is 7.26. The third kappa shape index (κ3) is 4.93. The van der Waals surface area contributed by atoms with E-state index in [1.165, 1.54) is 19.1 Å². The van der Waals surface area contributed by atoms with Crippen LogP contribution in [0.1, 0.15) is 19.1 Å². The number of aryl methyl sites for hydroxylation is 1. The van der Waals surface area contributed by atoms with Gasteiger partial charge >= 0.3 is 0 Å². The van der Waals surface area contributed by atoms with Crippen LogP contribution in [0, 0.1) is 6.92 Å². The number of nitrogens with one attached hydrogen (secondary N) is 1. The molecule has 11 nitrogen and oxygen atoms in total. The maximum atomic E-state index is 13.5. The normalized spacial score (nSPS) is 25.0. The molecular formula is C27H29NO10. The molecule has 38 heavy (non-hydrogen) atoms. The molecule has 0 bridgehead atoms. The molecule has 3 aromatic rings. The zero-order valence-corrected chi connectivity index (χ0v) is 20.9. The summed E-state index contributed by atoms with van der Waals surface area (Å²) in [6.45, 7) is 3.45. The molecule has 2 aliphatic heterocycles. The van der Waals surface area contributed by atoms with Gasteiger partial charge in [0.2, 0.25) is 17.6 Å². The molecule has 0 saturated carbocycles. The van der Waals surface area contributed by atoms with Gasteiger partial charge in [0.05, 0.1) is 30.8 Å². The molecule has 2 aliphatic rings. The first-order valence-electron chi connectivity index (χ1n) is 12.3. The van der Waals surface area contributed by atoms with Gasteiger partial charge in [-0.2, -0.15) is 0 Å². The molecule has 1 amide bonds. The highest BCUT2D eigenvalue weighted by Gasteiger charge is 2.46. The van der Waals surface area contributed by atoms with Crippen molar-refractivity contribution in [3.63, 3.8) is 0 Å². The van der Waals surface area contributed by atoms with Crippen molar-refractivity contribution in [1.29, 1.82) is 0 Å². The molecule has 4 N–H and O–H groups in total. The molecule has 0 unspecified atom stereocenters. The highest BCUT2D eigenvalue weighted by atomic mass is 16.7. The van der Waals surface area contributed by atoms with Crippen molar-refractivity contribution in [3.8, 4) is 28.4 Å². The second-order valence-electron chi connectivity index (χ2n) is 9.28. The lowest BCUT2D eigenvalue weighted by atomic mass is 9.97. The van der Waals surface area contributed by atoms with Crippen LogP contribution in [0.3, 0.4) is 0 Å². The van der Waals surface area contributed by atoms with E-state index in [4.69, 9.17) is 23.4 Å². The Hall–Kier alpha value is -3.64. The maximum Gasteiger partial charge on any atom is 0.223 e. The predicted molar refractivity (Wildman–Crippen MR) is 134 cm³/mol. The number of aliphatic hydroxyl groups is 3. The van der Waals surface area contributed by atoms with Crippen LogP contribution in [0.15, 0.2) is 45.6 Å². The zero-order valence-electron chi connectivity index (χ0n) is 20.9. The summed E-state index contributed by atoms with van der Waals surface area (Å²) in [6, 6.07) is 8.80. The van der Waals surface area contributed by atoms with Crippen LogP contribution >= 0.6 is 0 Å². The van der Waals surface area contributed by atoms with Crippen molar-refractivity contribution in [2.75, 3.05) is 19.8 Å². The molecule has 1 aromatic heterocycles. The average molecular weight is 528 g/mol. The van der Waals surface area contributed by atoms with Crippen molar-refractivity contribution in [1.82, 2.24) is 5.32 Å². The number of amides is 1. The lowest BCUT2D eigenvalue weighted by Crippen LogP contribution is -2.65. The highest BCUT2D eigenvalue weighted by molar-refractivity contribution is 5.84. The fourth-order valence-electron chi connectivity index (χ4n) is 4.72. The number of benzene rings is 2. The van der Waals surface area contributed by atoms with E-state index in [9.17, 15) is 24.9 Å². The van der Waals surface area contributed by atoms with E-state index in [1.807, 2.05) is 0 Å². The molecule has 0 spiro atoms. The van der Waals surface area contributed by atoms with Gasteiger partial charge in [-0.05, 0) is 36.8 Å². The lowest BCUT2D eigenvalue weighted by Gasteiger charge is -2.42. The molecular weight excluding hydrogens is 498 g/mol. The van der Waals surface area contributed by atoms with E-state index in [0.29, 0.717) is 47.0 Å². The van der Waals surface area contributed by atoms with Gasteiger partial charge in [-0.15, -0.1) is 0 Å². The zero-order chi connectivity index (χ0) is 27.0. The second-order valence-corrected chi connectivity index (χ2v) is 9.28. The van der Waals surface area contributed by atoms with Gasteiger partial charge in [0.1, 0.15) is 41.4 Å². The first kappa shape index (κ1) is 26.0. The Balaban J connectivity index is 1.47. The topological polar surface area (TPSA) is 157 Å². The van der Waals surface area contributed by atoms with Gasteiger partial charge in [0.15, 0.2) is 11.5 Å². The van der Waals surface area contributed by atoms with Crippen molar-refractivity contribution < 1.29 is 43.5 Å². The Morgan fingerprint density at radius 2 is 1.84 bits per heavy atom. The van der Waals surface area contributed by atoms with Crippen LogP contribution < -0.4 is 25.0 Å². The van der Waals surface area contributed by atoms with Crippen molar-refractivity contribution in [2.24, 2.45) is 0 Å². The van der Waals surface area contributed by atoms with E-state index >= 15 is 0 Å². The fraction of sp³-hybridized carbons (Fsp3) is 0.407. The standard InChI is InChI=1S/C27H29NO10/c1-13-22(15-4-7-18-20(10-15)35-9-3-8-34-18)24(31)17-6-5-16(11-19(17)36-13)37-27-23(28-14(2)30)26(33)25(32)21(12-29)38-27/h4-7,10-11,21,23,25-27,29,32-33H,3,8-9,12H2,1-2H3,(H,28,30)/t21-,23-,25-,26-,27-/m1/s1. The van der Waals surface area contributed by atoms with E-state index < -0.39 is 43.2 Å². The third-order valence-corrected chi connectivity index (χ3v) is 6.58. The Labute approximate surface area is 217 Å². The number of ether oxygens (including phenoxy) is 4. The molecule has 11 heteroatoms. The molecule has 5 rings (SSSR count). The molecule has 1 fully saturated rings. The summed E-state index contributed by atoms with van der Waals surface area (Å²) in [5.74, 6) is 1.34. The Bertz CT molecular complexity index is 1400. The highest BCUT2D eigenvalue weighted by Crippen LogP contribution is 2.35. The van der Waals surface area contributed by atoms with Gasteiger partial charge in [-0.3, -0.25) is 9.59 Å². The van der Waals surface area contributed by atoms with Crippen molar-refractivity contribution in [3.05, 3.63) is 52.4 Å². The minimum atomic E-state index is -1.45. The minimum absolute atomic E-state index is 0.226. The number of hydrogen-bond donors (Lipinski definition) is 4. The second kappa shape index (κ2) is 10.6. The average Bonchev–Trinajstić information content (AvgIpc) is 3.13. The Morgan fingerprint density at radius 3 is 2.58 bits per heavy atom. The third-order valence-electron chi connectivity index (χ3n) is 6.58. The molecule has 0 aliphatic carbocycles. The van der Waals surface area contributed by atoms with Crippen LogP contribution in [0.5, 0.6) is 17.2 Å². The number of carbonyl (C=O) groups excluding carboxylic acids is 1. The summed E-state index contributed by atoms with van der Waals surface area (Å²) in [5, 5.41) is 33.1. The molecule has 0 radical (unpaired) electrons. The molecule has 1 saturated heterocycles. The van der Waals surface area contributed by atoms with Crippen LogP contribution in [-0.4, -0.2) is 71.7 Å². The van der Waals surface area contributed by atoms with Gasteiger partial charge in [0, 0.05) is 19.4 Å². The molecule has 5 atom stereocenters. The smallest absolute Gasteiger partial charge is 0.223 e. The summed E-state index contributed by atoms with van der Waals surface area (Å²) in [5.41, 5.74) is 1.05. The van der Waals surface area contributed by atoms with Crippen molar-refractivity contribution in [2.45, 2.75) is 50.9 Å². The van der Waals surface area contributed by atoms with E-state index in [0.717, 1.165) is 6.42 Å². The van der Waals surface area contributed by atoms with Crippen LogP contribution in [-0.2, 0) is 9.53 Å². The number of aliphatic hydroxyl groups excluding tert-OH is 3. The fourth-order valence-corrected chi connectivity index (χ4v) is 4.72. The van der Waals surface area contributed by atoms with Crippen molar-refractivity contribution >= 4 is 16.9 Å². The largest absolute Gasteiger partial charge is 0.490 e. The predicted octanol–water partition coefficient (Wildman–Crippen LogP) is 1.25. The van der Waals surface area contributed by atoms with Gasteiger partial charge in [0.25, 0.3) is 0 Å². The first-order chi connectivity index (χ1) is 18.3. The summed E-state index contributed by atoms with van der Waals surface area (Å²) < 4.78 is 29.0. The number of hydrogen-bond acceptors (Lipinski definition) is 10. The van der Waals surface area contributed by atoms with E-state index in [2.05, 4.69) is 5.32 Å². The monoisotopic (exact) mass is 527 g/mol. The number of carbonyl (C=O) groups is 1. The lowest BCUT2D eigenvalue weighted by molar-refractivity contribution is -0.244. The summed E-state index contributed by atoms with van der Waals surface area (Å²) in [6.07, 6.45) is -4.48. The molecule has 2 aromatic carbocycles. The Morgan fingerprint density at radius 1 is 1.08 bits per heavy atom. The maximum absolute atomic E-state index is 13.5. The SMILES string of the molecule is CC(=O)N[C@H]1[C@H](Oc2ccc3c(=O)c(-c4ccc5c(c4)OCCCO5)c(C)oc3c2)O[C@H](CO)[C@@H](O)[C@@H]1O. The number of rotatable bonds is 5. The summed E-state index contributed by atoms with van der Waals surface area (Å²) in [4.78, 5) is 25.2. The quantitative estimate of drug-likeness (QED) is 0.381. The first-order valence-corrected chi connectivity index (χ1v) is 12.3. The van der Waals surface area contributed by atoms with Crippen LogP contribution in [0.25, 0.3) is 22.1 Å². The summed E-state index contributed by atoms with van der Waals surface area (Å²) >= 11 is 0. The van der Waals surface area contributed by atoms with Gasteiger partial charge in [-0.25, -0.2) is 0 Å². The number of fused-ring (bicyclic) bond motifs is 2. The van der Waals surface area contributed by atoms with E-state index in [-0.39, 0.29) is 16.8 Å². The van der Waals surface area contributed by atoms with Gasteiger partial charge < -0.3 is 44.0 Å². The minimum Gasteiger partial charge on any atom is -0.490 e. The molecule has 202 valence electrons. The van der Waals surface area contributed by atoms with Crippen LogP contribution in [0.2, 0.25) is 0 Å². The summed E-state index contributed by atoms with van der Waals surface area (Å²) in [7, 11) is 0. The van der Waals surface area contributed by atoms with Gasteiger partial charge in [-0.1, -0.05) is 6.07 Å². The van der Waals surface area contributed by atoms with E-state index in [1.54, 1.807) is 31.2 Å². The van der Waals surface area contributed by atoms with Crippen LogP contribution in [0.4, 0.5) is 0 Å².